The van der Waals surface area contributed by atoms with Gasteiger partial charge in [-0.3, -0.25) is 9.79 Å². The van der Waals surface area contributed by atoms with Crippen LogP contribution in [-0.2, 0) is 11.2 Å². The molecular weight excluding hydrogens is 248 g/mol. The Hall–Kier alpha value is -2.42. The number of nitrogens with one attached hydrogen (secondary N) is 1. The van der Waals surface area contributed by atoms with Crippen LogP contribution in [0.25, 0.3) is 0 Å². The Kier molecular flexibility index (Phi) is 3.33. The molecule has 0 radical (unpaired) electrons. The number of rotatable bonds is 2. The van der Waals surface area contributed by atoms with E-state index in [1.54, 1.807) is 0 Å². The number of carbonyl (C=O) groups excluding carboxylic acids is 1. The number of hydrogen-bond acceptors (Lipinski definition) is 2. The maximum Gasteiger partial charge on any atom is 0.246 e. The molecule has 20 heavy (non-hydrogen) atoms. The summed E-state index contributed by atoms with van der Waals surface area (Å²) in [6, 6.07) is 16.1. The summed E-state index contributed by atoms with van der Waals surface area (Å²) in [5.74, 6) is -0.0681. The fraction of sp³-hybridized carbons (Fsp3) is 0.176. The first-order chi connectivity index (χ1) is 9.78. The molecule has 0 aromatic heterocycles. The van der Waals surface area contributed by atoms with E-state index in [2.05, 4.69) is 23.3 Å². The van der Waals surface area contributed by atoms with Gasteiger partial charge in [0.15, 0.2) is 0 Å². The van der Waals surface area contributed by atoms with Gasteiger partial charge in [-0.1, -0.05) is 43.3 Å². The van der Waals surface area contributed by atoms with E-state index in [1.807, 2.05) is 42.5 Å². The molecule has 0 aliphatic carbocycles. The highest BCUT2D eigenvalue weighted by molar-refractivity contribution is 6.19. The molecule has 2 aromatic carbocycles. The Balaban J connectivity index is 2.18. The number of benzene rings is 2. The third kappa shape index (κ3) is 2.35. The number of benzodiazepines with no additional fused rings is 1. The van der Waals surface area contributed by atoms with E-state index in [1.165, 1.54) is 5.56 Å². The number of aryl methyl sites for hydroxylation is 1. The first-order valence-electron chi connectivity index (χ1n) is 6.81. The van der Waals surface area contributed by atoms with Gasteiger partial charge < -0.3 is 5.32 Å². The highest BCUT2D eigenvalue weighted by Crippen LogP contribution is 2.24. The van der Waals surface area contributed by atoms with Gasteiger partial charge in [0.2, 0.25) is 5.91 Å². The van der Waals surface area contributed by atoms with E-state index in [9.17, 15) is 4.79 Å². The zero-order valence-electron chi connectivity index (χ0n) is 11.4. The molecule has 0 unspecified atom stereocenters. The molecule has 1 aliphatic rings. The third-order valence-electron chi connectivity index (χ3n) is 3.45. The Bertz CT molecular complexity index is 675. The summed E-state index contributed by atoms with van der Waals surface area (Å²) >= 11 is 0. The van der Waals surface area contributed by atoms with Crippen LogP contribution in [0.1, 0.15) is 23.6 Å². The maximum atomic E-state index is 11.8. The van der Waals surface area contributed by atoms with Crippen LogP contribution in [0.2, 0.25) is 0 Å². The van der Waals surface area contributed by atoms with E-state index in [0.717, 1.165) is 28.9 Å². The van der Waals surface area contributed by atoms with Crippen LogP contribution in [0.4, 0.5) is 5.69 Å². The van der Waals surface area contributed by atoms with Crippen LogP contribution in [0.15, 0.2) is 53.5 Å². The lowest BCUT2D eigenvalue weighted by Gasteiger charge is -2.11. The summed E-state index contributed by atoms with van der Waals surface area (Å²) in [5.41, 5.74) is 5.00. The summed E-state index contributed by atoms with van der Waals surface area (Å²) < 4.78 is 0. The van der Waals surface area contributed by atoms with Crippen molar-refractivity contribution in [2.75, 3.05) is 11.9 Å². The van der Waals surface area contributed by atoms with E-state index in [0.29, 0.717) is 0 Å². The Labute approximate surface area is 118 Å². The van der Waals surface area contributed by atoms with Crippen LogP contribution < -0.4 is 5.32 Å². The van der Waals surface area contributed by atoms with E-state index in [-0.39, 0.29) is 12.5 Å². The number of anilines is 1. The number of fused-ring (bicyclic) bond motifs is 1. The highest BCUT2D eigenvalue weighted by Gasteiger charge is 2.17. The molecule has 0 saturated heterocycles. The quantitative estimate of drug-likeness (QED) is 0.890. The lowest BCUT2D eigenvalue weighted by molar-refractivity contribution is -0.114. The second-order valence-electron chi connectivity index (χ2n) is 4.81. The Morgan fingerprint density at radius 1 is 1.15 bits per heavy atom. The van der Waals surface area contributed by atoms with Gasteiger partial charge in [-0.05, 0) is 24.1 Å². The minimum atomic E-state index is -0.0681. The average molecular weight is 264 g/mol. The molecule has 3 heteroatoms. The van der Waals surface area contributed by atoms with Gasteiger partial charge in [-0.25, -0.2) is 0 Å². The standard InChI is InChI=1S/C17H16N2O/c1-2-12-8-9-15-14(10-12)17(18-11-16(20)19-15)13-6-4-3-5-7-13/h3-10H,2,11H2,1H3,(H,19,20). The van der Waals surface area contributed by atoms with Crippen LogP contribution in [0, 0.1) is 0 Å². The average Bonchev–Trinajstić information content (AvgIpc) is 2.65. The topological polar surface area (TPSA) is 41.5 Å². The van der Waals surface area contributed by atoms with Gasteiger partial charge in [0.1, 0.15) is 6.54 Å². The minimum absolute atomic E-state index is 0.0681. The number of hydrogen-bond donors (Lipinski definition) is 1. The number of amides is 1. The second-order valence-corrected chi connectivity index (χ2v) is 4.81. The summed E-state index contributed by atoms with van der Waals surface area (Å²) in [7, 11) is 0. The number of aliphatic imine (C=N–C) groups is 1. The van der Waals surface area contributed by atoms with Crippen molar-refractivity contribution in [3.8, 4) is 0 Å². The van der Waals surface area contributed by atoms with Crippen LogP contribution in [0.5, 0.6) is 0 Å². The van der Waals surface area contributed by atoms with Crippen molar-refractivity contribution < 1.29 is 4.79 Å². The van der Waals surface area contributed by atoms with Crippen molar-refractivity contribution in [2.45, 2.75) is 13.3 Å². The van der Waals surface area contributed by atoms with Crippen molar-refractivity contribution in [2.24, 2.45) is 4.99 Å². The molecule has 3 rings (SSSR count). The smallest absolute Gasteiger partial charge is 0.246 e. The highest BCUT2D eigenvalue weighted by atomic mass is 16.1. The molecule has 0 saturated carbocycles. The van der Waals surface area contributed by atoms with Crippen molar-refractivity contribution in [3.63, 3.8) is 0 Å². The predicted octanol–water partition coefficient (Wildman–Crippen LogP) is 3.04. The Morgan fingerprint density at radius 3 is 2.70 bits per heavy atom. The molecule has 1 aliphatic heterocycles. The van der Waals surface area contributed by atoms with Crippen LogP contribution >= 0.6 is 0 Å². The molecule has 1 N–H and O–H groups in total. The third-order valence-corrected chi connectivity index (χ3v) is 3.45. The molecule has 0 fully saturated rings. The van der Waals surface area contributed by atoms with Crippen LogP contribution in [-0.4, -0.2) is 18.2 Å². The fourth-order valence-electron chi connectivity index (χ4n) is 2.38. The molecule has 1 amide bonds. The predicted molar refractivity (Wildman–Crippen MR) is 81.4 cm³/mol. The SMILES string of the molecule is CCc1ccc2c(c1)C(c1ccccc1)=NCC(=O)N2. The summed E-state index contributed by atoms with van der Waals surface area (Å²) in [6.07, 6.45) is 0.962. The molecule has 0 atom stereocenters. The summed E-state index contributed by atoms with van der Waals surface area (Å²) in [5, 5.41) is 2.92. The lowest BCUT2D eigenvalue weighted by Crippen LogP contribution is -2.13. The van der Waals surface area contributed by atoms with Crippen molar-refractivity contribution in [1.29, 1.82) is 0 Å². The fourth-order valence-corrected chi connectivity index (χ4v) is 2.38. The molecule has 0 bridgehead atoms. The largest absolute Gasteiger partial charge is 0.324 e. The zero-order valence-corrected chi connectivity index (χ0v) is 11.4. The van der Waals surface area contributed by atoms with Gasteiger partial charge in [0.05, 0.1) is 11.4 Å². The van der Waals surface area contributed by atoms with E-state index < -0.39 is 0 Å². The van der Waals surface area contributed by atoms with E-state index in [4.69, 9.17) is 0 Å². The molecule has 3 nitrogen and oxygen atoms in total. The first-order valence-corrected chi connectivity index (χ1v) is 6.81. The summed E-state index contributed by atoms with van der Waals surface area (Å²) in [6.45, 7) is 2.29. The van der Waals surface area contributed by atoms with Gasteiger partial charge in [-0.15, -0.1) is 0 Å². The minimum Gasteiger partial charge on any atom is -0.324 e. The van der Waals surface area contributed by atoms with Gasteiger partial charge in [-0.2, -0.15) is 0 Å². The molecular formula is C17H16N2O. The number of carbonyl (C=O) groups is 1. The molecule has 100 valence electrons. The summed E-state index contributed by atoms with van der Waals surface area (Å²) in [4.78, 5) is 16.3. The normalized spacial score (nSPS) is 14.1. The van der Waals surface area contributed by atoms with Gasteiger partial charge >= 0.3 is 0 Å². The van der Waals surface area contributed by atoms with Crippen LogP contribution in [0.3, 0.4) is 0 Å². The second kappa shape index (κ2) is 5.29. The molecule has 0 spiro atoms. The van der Waals surface area contributed by atoms with Crippen molar-refractivity contribution >= 4 is 17.3 Å². The number of nitrogens with zero attached hydrogens (tertiary/aromatic N) is 1. The monoisotopic (exact) mass is 264 g/mol. The van der Waals surface area contributed by atoms with Gasteiger partial charge in [0.25, 0.3) is 0 Å². The van der Waals surface area contributed by atoms with E-state index >= 15 is 0 Å². The Morgan fingerprint density at radius 2 is 1.95 bits per heavy atom. The molecule has 1 heterocycles. The van der Waals surface area contributed by atoms with Crippen molar-refractivity contribution in [3.05, 3.63) is 65.2 Å². The van der Waals surface area contributed by atoms with Crippen molar-refractivity contribution in [1.82, 2.24) is 0 Å². The lowest BCUT2D eigenvalue weighted by atomic mass is 9.98. The van der Waals surface area contributed by atoms with Gasteiger partial charge in [0, 0.05) is 11.1 Å². The first kappa shape index (κ1) is 12.6. The zero-order chi connectivity index (χ0) is 13.9. The molecule has 2 aromatic rings. The maximum absolute atomic E-state index is 11.8.